The molecule has 6 heteroatoms. The number of hydrogen-bond acceptors (Lipinski definition) is 3. The predicted molar refractivity (Wildman–Crippen MR) is 72.0 cm³/mol. The van der Waals surface area contributed by atoms with Gasteiger partial charge in [-0.2, -0.15) is 0 Å². The average Bonchev–Trinajstić information content (AvgIpc) is 2.74. The Morgan fingerprint density at radius 1 is 1.26 bits per heavy atom. The van der Waals surface area contributed by atoms with Gasteiger partial charge < -0.3 is 5.11 Å². The number of benzene rings is 1. The minimum atomic E-state index is -1.08. The predicted octanol–water partition coefficient (Wildman–Crippen LogP) is 2.92. The molecule has 0 amide bonds. The smallest absolute Gasteiger partial charge is 0.358 e. The van der Waals surface area contributed by atoms with Crippen molar-refractivity contribution < 1.29 is 9.90 Å². The lowest BCUT2D eigenvalue weighted by Gasteiger charge is -2.20. The Bertz CT molecular complexity index is 612. The van der Waals surface area contributed by atoms with E-state index in [4.69, 9.17) is 11.6 Å². The maximum Gasteiger partial charge on any atom is 0.358 e. The molecule has 0 bridgehead atoms. The molecule has 1 aromatic carbocycles. The van der Waals surface area contributed by atoms with Crippen LogP contribution < -0.4 is 0 Å². The molecule has 2 rings (SSSR count). The fourth-order valence-electron chi connectivity index (χ4n) is 1.86. The first-order chi connectivity index (χ1) is 8.80. The number of hydrogen-bond donors (Lipinski definition) is 1. The highest BCUT2D eigenvalue weighted by Crippen LogP contribution is 2.27. The van der Waals surface area contributed by atoms with E-state index < -0.39 is 11.4 Å². The van der Waals surface area contributed by atoms with E-state index in [0.29, 0.717) is 10.7 Å². The Balaban J connectivity index is 2.64. The van der Waals surface area contributed by atoms with Gasteiger partial charge in [0.25, 0.3) is 0 Å². The van der Waals surface area contributed by atoms with Crippen LogP contribution in [0.5, 0.6) is 0 Å². The molecule has 0 aliphatic rings. The van der Waals surface area contributed by atoms with Crippen molar-refractivity contribution in [3.05, 3.63) is 40.7 Å². The lowest BCUT2D eigenvalue weighted by atomic mass is 9.90. The topological polar surface area (TPSA) is 68.0 Å². The molecular formula is C13H14ClN3O2. The zero-order valence-corrected chi connectivity index (χ0v) is 11.6. The SMILES string of the molecule is CC(C)(C)c1c(C(=O)O)nnn1-c1ccc(Cl)cc1. The third kappa shape index (κ3) is 2.61. The van der Waals surface area contributed by atoms with Crippen LogP contribution in [0.15, 0.2) is 24.3 Å². The van der Waals surface area contributed by atoms with Crippen molar-refractivity contribution in [3.8, 4) is 5.69 Å². The molecule has 1 heterocycles. The molecule has 0 aliphatic heterocycles. The summed E-state index contributed by atoms with van der Waals surface area (Å²) in [6.45, 7) is 5.76. The zero-order chi connectivity index (χ0) is 14.2. The molecule has 100 valence electrons. The van der Waals surface area contributed by atoms with Crippen molar-refractivity contribution in [3.63, 3.8) is 0 Å². The van der Waals surface area contributed by atoms with E-state index in [0.717, 1.165) is 5.69 Å². The molecule has 0 saturated heterocycles. The Morgan fingerprint density at radius 3 is 2.32 bits per heavy atom. The third-order valence-electron chi connectivity index (χ3n) is 2.65. The lowest BCUT2D eigenvalue weighted by Crippen LogP contribution is -2.21. The normalized spacial score (nSPS) is 11.6. The second-order valence-corrected chi connectivity index (χ2v) is 5.67. The van der Waals surface area contributed by atoms with Crippen molar-refractivity contribution in [2.24, 2.45) is 0 Å². The average molecular weight is 280 g/mol. The van der Waals surface area contributed by atoms with Gasteiger partial charge in [0.15, 0.2) is 5.69 Å². The summed E-state index contributed by atoms with van der Waals surface area (Å²) in [4.78, 5) is 11.2. The standard InChI is InChI=1S/C13H14ClN3O2/c1-13(2,3)11-10(12(18)19)15-16-17(11)9-6-4-8(14)5-7-9/h4-7H,1-3H3,(H,18,19). The van der Waals surface area contributed by atoms with Crippen molar-refractivity contribution in [2.75, 3.05) is 0 Å². The van der Waals surface area contributed by atoms with Gasteiger partial charge in [-0.1, -0.05) is 37.6 Å². The zero-order valence-electron chi connectivity index (χ0n) is 10.9. The highest BCUT2D eigenvalue weighted by atomic mass is 35.5. The summed E-state index contributed by atoms with van der Waals surface area (Å²) in [6.07, 6.45) is 0. The number of carboxylic acid groups (broad SMARTS) is 1. The molecule has 0 spiro atoms. The van der Waals surface area contributed by atoms with E-state index >= 15 is 0 Å². The van der Waals surface area contributed by atoms with Gasteiger partial charge in [0, 0.05) is 10.4 Å². The summed E-state index contributed by atoms with van der Waals surface area (Å²) in [6, 6.07) is 7.01. The summed E-state index contributed by atoms with van der Waals surface area (Å²) < 4.78 is 1.54. The number of nitrogens with zero attached hydrogens (tertiary/aromatic N) is 3. The van der Waals surface area contributed by atoms with Crippen LogP contribution in [0.1, 0.15) is 37.0 Å². The summed E-state index contributed by atoms with van der Waals surface area (Å²) >= 11 is 5.85. The number of aromatic carboxylic acids is 1. The van der Waals surface area contributed by atoms with E-state index in [1.54, 1.807) is 28.9 Å². The molecule has 0 radical (unpaired) electrons. The molecule has 1 aromatic heterocycles. The Labute approximate surface area is 115 Å². The van der Waals surface area contributed by atoms with E-state index in [-0.39, 0.29) is 5.69 Å². The van der Waals surface area contributed by atoms with E-state index in [1.807, 2.05) is 20.8 Å². The number of aromatic nitrogens is 3. The first-order valence-corrected chi connectivity index (χ1v) is 6.14. The molecule has 0 atom stereocenters. The molecule has 5 nitrogen and oxygen atoms in total. The van der Waals surface area contributed by atoms with Gasteiger partial charge in [-0.15, -0.1) is 5.10 Å². The van der Waals surface area contributed by atoms with E-state index in [9.17, 15) is 9.90 Å². The van der Waals surface area contributed by atoms with Gasteiger partial charge in [-0.25, -0.2) is 9.48 Å². The summed E-state index contributed by atoms with van der Waals surface area (Å²) in [5.74, 6) is -1.08. The monoisotopic (exact) mass is 279 g/mol. The fraction of sp³-hybridized carbons (Fsp3) is 0.308. The maximum atomic E-state index is 11.2. The fourth-order valence-corrected chi connectivity index (χ4v) is 1.99. The number of carboxylic acids is 1. The summed E-state index contributed by atoms with van der Waals surface area (Å²) in [7, 11) is 0. The molecular weight excluding hydrogens is 266 g/mol. The molecule has 0 aliphatic carbocycles. The maximum absolute atomic E-state index is 11.2. The molecule has 2 aromatic rings. The lowest BCUT2D eigenvalue weighted by molar-refractivity contribution is 0.0687. The van der Waals surface area contributed by atoms with Crippen molar-refractivity contribution in [2.45, 2.75) is 26.2 Å². The number of halogens is 1. The van der Waals surface area contributed by atoms with Crippen LogP contribution in [-0.4, -0.2) is 26.1 Å². The van der Waals surface area contributed by atoms with Crippen molar-refractivity contribution in [1.82, 2.24) is 15.0 Å². The Hall–Kier alpha value is -1.88. The number of carbonyl (C=O) groups is 1. The second-order valence-electron chi connectivity index (χ2n) is 5.23. The molecule has 0 unspecified atom stereocenters. The van der Waals surface area contributed by atoms with Gasteiger partial charge in [0.2, 0.25) is 0 Å². The van der Waals surface area contributed by atoms with E-state index in [2.05, 4.69) is 10.3 Å². The molecule has 1 N–H and O–H groups in total. The van der Waals surface area contributed by atoms with Crippen molar-refractivity contribution >= 4 is 17.6 Å². The van der Waals surface area contributed by atoms with Crippen molar-refractivity contribution in [1.29, 1.82) is 0 Å². The minimum absolute atomic E-state index is 0.0255. The first kappa shape index (κ1) is 13.5. The first-order valence-electron chi connectivity index (χ1n) is 5.76. The summed E-state index contributed by atoms with van der Waals surface area (Å²) in [5, 5.41) is 17.5. The van der Waals surface area contributed by atoms with Gasteiger partial charge in [0.1, 0.15) is 0 Å². The molecule has 0 saturated carbocycles. The Kier molecular flexibility index (Phi) is 3.32. The van der Waals surface area contributed by atoms with Gasteiger partial charge in [0.05, 0.1) is 11.4 Å². The van der Waals surface area contributed by atoms with Crippen LogP contribution in [0, 0.1) is 0 Å². The van der Waals surface area contributed by atoms with Crippen LogP contribution in [-0.2, 0) is 5.41 Å². The third-order valence-corrected chi connectivity index (χ3v) is 2.91. The van der Waals surface area contributed by atoms with Crippen LogP contribution in [0.4, 0.5) is 0 Å². The summed E-state index contributed by atoms with van der Waals surface area (Å²) in [5.41, 5.74) is 0.871. The highest BCUT2D eigenvalue weighted by Gasteiger charge is 2.29. The van der Waals surface area contributed by atoms with Gasteiger partial charge >= 0.3 is 5.97 Å². The second kappa shape index (κ2) is 4.66. The minimum Gasteiger partial charge on any atom is -0.476 e. The van der Waals surface area contributed by atoms with Crippen LogP contribution >= 0.6 is 11.6 Å². The molecule has 19 heavy (non-hydrogen) atoms. The Morgan fingerprint density at radius 2 is 1.84 bits per heavy atom. The van der Waals surface area contributed by atoms with E-state index in [1.165, 1.54) is 0 Å². The highest BCUT2D eigenvalue weighted by molar-refractivity contribution is 6.30. The van der Waals surface area contributed by atoms with Crippen LogP contribution in [0.2, 0.25) is 5.02 Å². The largest absolute Gasteiger partial charge is 0.476 e. The van der Waals surface area contributed by atoms with Gasteiger partial charge in [-0.05, 0) is 24.3 Å². The van der Waals surface area contributed by atoms with Crippen LogP contribution in [0.3, 0.4) is 0 Å². The number of rotatable bonds is 2. The quantitative estimate of drug-likeness (QED) is 0.918. The van der Waals surface area contributed by atoms with Crippen LogP contribution in [0.25, 0.3) is 5.69 Å². The molecule has 0 fully saturated rings. The van der Waals surface area contributed by atoms with Gasteiger partial charge in [-0.3, -0.25) is 0 Å².